The number of ether oxygens (including phenoxy) is 1. The first-order valence-electron chi connectivity index (χ1n) is 7.57. The van der Waals surface area contributed by atoms with Gasteiger partial charge in [0.15, 0.2) is 0 Å². The van der Waals surface area contributed by atoms with Gasteiger partial charge in [0.05, 0.1) is 22.7 Å². The summed E-state index contributed by atoms with van der Waals surface area (Å²) in [6.45, 7) is 0.646. The van der Waals surface area contributed by atoms with E-state index in [1.54, 1.807) is 53.1 Å². The van der Waals surface area contributed by atoms with E-state index in [2.05, 4.69) is 4.74 Å². The first kappa shape index (κ1) is 18.1. The molecule has 0 radical (unpaired) electrons. The molecule has 2 aromatic carbocycles. The molecule has 0 aromatic heterocycles. The van der Waals surface area contributed by atoms with E-state index in [0.717, 1.165) is 11.3 Å². The van der Waals surface area contributed by atoms with Crippen LogP contribution < -0.4 is 0 Å². The van der Waals surface area contributed by atoms with Gasteiger partial charge in [-0.05, 0) is 42.0 Å². The van der Waals surface area contributed by atoms with Crippen LogP contribution in [0.1, 0.15) is 31.7 Å². The molecule has 0 bridgehead atoms. The molecule has 130 valence electrons. The van der Waals surface area contributed by atoms with Gasteiger partial charge in [0.1, 0.15) is 5.37 Å². The van der Waals surface area contributed by atoms with Crippen LogP contribution in [-0.2, 0) is 4.74 Å². The lowest BCUT2D eigenvalue weighted by molar-refractivity contribution is 0.0599. The van der Waals surface area contributed by atoms with Crippen LogP contribution in [0, 0.1) is 0 Å². The number of benzene rings is 2. The molecule has 1 heterocycles. The fourth-order valence-electron chi connectivity index (χ4n) is 2.65. The second-order valence-corrected chi connectivity index (χ2v) is 7.47. The monoisotopic (exact) mass is 395 g/mol. The van der Waals surface area contributed by atoms with Crippen molar-refractivity contribution in [2.24, 2.45) is 0 Å². The van der Waals surface area contributed by atoms with E-state index in [-0.39, 0.29) is 11.3 Å². The van der Waals surface area contributed by atoms with Gasteiger partial charge in [-0.3, -0.25) is 4.79 Å². The molecule has 0 unspecified atom stereocenters. The third-order valence-electron chi connectivity index (χ3n) is 3.93. The normalized spacial score (nSPS) is 16.8. The van der Waals surface area contributed by atoms with Gasteiger partial charge >= 0.3 is 5.97 Å². The van der Waals surface area contributed by atoms with E-state index < -0.39 is 5.97 Å². The van der Waals surface area contributed by atoms with Crippen LogP contribution >= 0.6 is 35.0 Å². The number of amides is 1. The van der Waals surface area contributed by atoms with Gasteiger partial charge in [-0.2, -0.15) is 0 Å². The Balaban J connectivity index is 1.83. The van der Waals surface area contributed by atoms with Gasteiger partial charge in [0.2, 0.25) is 0 Å². The quantitative estimate of drug-likeness (QED) is 0.708. The molecule has 0 aliphatic carbocycles. The lowest BCUT2D eigenvalue weighted by Gasteiger charge is -2.24. The van der Waals surface area contributed by atoms with Gasteiger partial charge < -0.3 is 9.64 Å². The molecule has 7 heteroatoms. The molecule has 0 saturated carbocycles. The summed E-state index contributed by atoms with van der Waals surface area (Å²) in [5.74, 6) is 0.332. The fraction of sp³-hybridized carbons (Fsp3) is 0.222. The highest BCUT2D eigenvalue weighted by molar-refractivity contribution is 7.99. The van der Waals surface area contributed by atoms with E-state index in [9.17, 15) is 9.59 Å². The number of halogens is 2. The molecule has 25 heavy (non-hydrogen) atoms. The predicted molar refractivity (Wildman–Crippen MR) is 100 cm³/mol. The van der Waals surface area contributed by atoms with Gasteiger partial charge in [0, 0.05) is 17.9 Å². The van der Waals surface area contributed by atoms with E-state index in [1.165, 1.54) is 7.11 Å². The smallest absolute Gasteiger partial charge is 0.337 e. The zero-order chi connectivity index (χ0) is 18.0. The Morgan fingerprint density at radius 2 is 1.76 bits per heavy atom. The zero-order valence-electron chi connectivity index (χ0n) is 13.4. The van der Waals surface area contributed by atoms with Gasteiger partial charge in [0.25, 0.3) is 5.91 Å². The highest BCUT2D eigenvalue weighted by Crippen LogP contribution is 2.40. The molecule has 1 atom stereocenters. The summed E-state index contributed by atoms with van der Waals surface area (Å²) in [5.41, 5.74) is 1.88. The van der Waals surface area contributed by atoms with Crippen LogP contribution in [0.25, 0.3) is 0 Å². The average molecular weight is 396 g/mol. The van der Waals surface area contributed by atoms with Crippen molar-refractivity contribution < 1.29 is 14.3 Å². The summed E-state index contributed by atoms with van der Waals surface area (Å²) in [5, 5.41) is 0.855. The van der Waals surface area contributed by atoms with E-state index in [0.29, 0.717) is 27.7 Å². The van der Waals surface area contributed by atoms with Crippen molar-refractivity contribution in [3.8, 4) is 0 Å². The molecule has 0 spiro atoms. The molecule has 3 rings (SSSR count). The van der Waals surface area contributed by atoms with E-state index in [4.69, 9.17) is 23.2 Å². The van der Waals surface area contributed by atoms with Crippen LogP contribution in [0.2, 0.25) is 10.0 Å². The van der Waals surface area contributed by atoms with Crippen LogP contribution in [0.4, 0.5) is 0 Å². The van der Waals surface area contributed by atoms with Crippen molar-refractivity contribution in [3.63, 3.8) is 0 Å². The number of thioether (sulfide) groups is 1. The Kier molecular flexibility index (Phi) is 5.57. The summed E-state index contributed by atoms with van der Waals surface area (Å²) in [4.78, 5) is 26.2. The maximum absolute atomic E-state index is 12.9. The van der Waals surface area contributed by atoms with Crippen LogP contribution in [-0.4, -0.2) is 36.2 Å². The molecule has 2 aromatic rings. The number of carbonyl (C=O) groups is 2. The van der Waals surface area contributed by atoms with Crippen molar-refractivity contribution in [1.82, 2.24) is 4.90 Å². The number of esters is 1. The minimum absolute atomic E-state index is 0.0857. The molecule has 1 saturated heterocycles. The zero-order valence-corrected chi connectivity index (χ0v) is 15.7. The molecule has 1 aliphatic rings. The second-order valence-electron chi connectivity index (χ2n) is 5.46. The molecular weight excluding hydrogens is 381 g/mol. The SMILES string of the molecule is COC(=O)c1ccc(C(=O)N2CCS[C@H]2c2ccc(Cl)c(Cl)c2)cc1. The molecular formula is C18H15Cl2NO3S. The maximum atomic E-state index is 12.9. The fourth-order valence-corrected chi connectivity index (χ4v) is 4.20. The Morgan fingerprint density at radius 1 is 1.08 bits per heavy atom. The summed E-state index contributed by atoms with van der Waals surface area (Å²) >= 11 is 13.8. The Hall–Kier alpha value is -1.69. The Labute approximate surface area is 160 Å². The number of carbonyl (C=O) groups excluding carboxylic acids is 2. The van der Waals surface area contributed by atoms with E-state index >= 15 is 0 Å². The topological polar surface area (TPSA) is 46.6 Å². The minimum atomic E-state index is -0.426. The standard InChI is InChI=1S/C18H15Cl2NO3S/c1-24-18(23)12-4-2-11(3-5-12)16(22)21-8-9-25-17(21)13-6-7-14(19)15(20)10-13/h2-7,10,17H,8-9H2,1H3/t17-/m0/s1. The highest BCUT2D eigenvalue weighted by atomic mass is 35.5. The lowest BCUT2D eigenvalue weighted by Crippen LogP contribution is -2.30. The third-order valence-corrected chi connectivity index (χ3v) is 5.93. The minimum Gasteiger partial charge on any atom is -0.465 e. The second kappa shape index (κ2) is 7.68. The summed E-state index contributed by atoms with van der Waals surface area (Å²) in [6.07, 6.45) is 0. The Morgan fingerprint density at radius 3 is 2.40 bits per heavy atom. The first-order valence-corrected chi connectivity index (χ1v) is 9.37. The van der Waals surface area contributed by atoms with Crippen molar-refractivity contribution in [2.45, 2.75) is 5.37 Å². The number of hydrogen-bond acceptors (Lipinski definition) is 4. The van der Waals surface area contributed by atoms with Gasteiger partial charge in [-0.15, -0.1) is 11.8 Å². The Bertz CT molecular complexity index is 810. The third kappa shape index (κ3) is 3.78. The highest BCUT2D eigenvalue weighted by Gasteiger charge is 2.31. The number of hydrogen-bond donors (Lipinski definition) is 0. The van der Waals surface area contributed by atoms with Crippen LogP contribution in [0.5, 0.6) is 0 Å². The van der Waals surface area contributed by atoms with Crippen LogP contribution in [0.15, 0.2) is 42.5 Å². The van der Waals surface area contributed by atoms with Crippen molar-refractivity contribution >= 4 is 46.8 Å². The predicted octanol–water partition coefficient (Wildman–Crippen LogP) is 4.67. The van der Waals surface area contributed by atoms with Gasteiger partial charge in [-0.1, -0.05) is 29.3 Å². The van der Waals surface area contributed by atoms with Crippen LogP contribution in [0.3, 0.4) is 0 Å². The first-order chi connectivity index (χ1) is 12.0. The average Bonchev–Trinajstić information content (AvgIpc) is 3.12. The lowest BCUT2D eigenvalue weighted by atomic mass is 10.1. The van der Waals surface area contributed by atoms with E-state index in [1.807, 2.05) is 6.07 Å². The van der Waals surface area contributed by atoms with Crippen molar-refractivity contribution in [1.29, 1.82) is 0 Å². The molecule has 1 aliphatic heterocycles. The molecule has 4 nitrogen and oxygen atoms in total. The van der Waals surface area contributed by atoms with Crippen molar-refractivity contribution in [2.75, 3.05) is 19.4 Å². The van der Waals surface area contributed by atoms with Crippen molar-refractivity contribution in [3.05, 3.63) is 69.2 Å². The number of nitrogens with zero attached hydrogens (tertiary/aromatic N) is 1. The molecule has 1 fully saturated rings. The largest absolute Gasteiger partial charge is 0.465 e. The number of methoxy groups -OCH3 is 1. The molecule has 1 amide bonds. The van der Waals surface area contributed by atoms with Gasteiger partial charge in [-0.25, -0.2) is 4.79 Å². The summed E-state index contributed by atoms with van der Waals surface area (Å²) < 4.78 is 4.67. The number of rotatable bonds is 3. The maximum Gasteiger partial charge on any atom is 0.337 e. The summed E-state index contributed by atoms with van der Waals surface area (Å²) in [7, 11) is 1.32. The molecule has 0 N–H and O–H groups in total. The summed E-state index contributed by atoms with van der Waals surface area (Å²) in [6, 6.07) is 11.9.